The maximum atomic E-state index is 2.41. The van der Waals surface area contributed by atoms with Crippen molar-refractivity contribution in [2.75, 3.05) is 9.80 Å². The van der Waals surface area contributed by atoms with Crippen molar-refractivity contribution in [2.45, 2.75) is 13.8 Å². The van der Waals surface area contributed by atoms with Crippen LogP contribution in [0.15, 0.2) is 346 Å². The monoisotopic (exact) mass is 1170 g/mol. The van der Waals surface area contributed by atoms with Crippen molar-refractivity contribution in [3.05, 3.63) is 357 Å². The van der Waals surface area contributed by atoms with Crippen LogP contribution in [0, 0.1) is 13.8 Å². The summed E-state index contributed by atoms with van der Waals surface area (Å²) in [6.07, 6.45) is 0. The van der Waals surface area contributed by atoms with E-state index in [9.17, 15) is 0 Å². The quantitative estimate of drug-likeness (QED) is 0.129. The maximum absolute atomic E-state index is 2.41. The van der Waals surface area contributed by atoms with Crippen molar-refractivity contribution in [1.29, 1.82) is 0 Å². The van der Waals surface area contributed by atoms with Gasteiger partial charge in [0, 0.05) is 83.5 Å². The van der Waals surface area contributed by atoms with Gasteiger partial charge in [-0.15, -0.1) is 0 Å². The fourth-order valence-electron chi connectivity index (χ4n) is 13.6. The van der Waals surface area contributed by atoms with Gasteiger partial charge in [0.15, 0.2) is 0 Å². The number of para-hydroxylation sites is 7. The van der Waals surface area contributed by atoms with E-state index in [1.54, 1.807) is 0 Å². The summed E-state index contributed by atoms with van der Waals surface area (Å²) in [5.41, 5.74) is 24.9. The van der Waals surface area contributed by atoms with E-state index in [0.29, 0.717) is 0 Å². The summed E-state index contributed by atoms with van der Waals surface area (Å²) in [4.78, 5) is 4.60. The zero-order valence-corrected chi connectivity index (χ0v) is 50.6. The van der Waals surface area contributed by atoms with E-state index in [1.807, 2.05) is 0 Å². The Hall–Kier alpha value is -11.9. The molecule has 17 aromatic rings. The highest BCUT2D eigenvalue weighted by atomic mass is 15.2. The van der Waals surface area contributed by atoms with Crippen LogP contribution in [0.1, 0.15) is 11.1 Å². The number of hydrogen-bond acceptors (Lipinski definition) is 2. The fraction of sp³-hybridized carbons (Fsp3) is 0.0233. The van der Waals surface area contributed by atoms with E-state index in [1.165, 1.54) is 110 Å². The van der Waals surface area contributed by atoms with Crippen LogP contribution in [-0.4, -0.2) is 13.7 Å². The molecule has 91 heavy (non-hydrogen) atoms. The van der Waals surface area contributed by atoms with Gasteiger partial charge in [-0.2, -0.15) is 0 Å². The summed E-state index contributed by atoms with van der Waals surface area (Å²) >= 11 is 0. The average Bonchev–Trinajstić information content (AvgIpc) is 1.64. The van der Waals surface area contributed by atoms with E-state index in [0.717, 1.165) is 39.8 Å². The normalized spacial score (nSPS) is 11.4. The zero-order chi connectivity index (χ0) is 60.8. The lowest BCUT2D eigenvalue weighted by molar-refractivity contribution is 1.18. The molecule has 0 N–H and O–H groups in total. The predicted octanol–water partition coefficient (Wildman–Crippen LogP) is 23.6. The summed E-state index contributed by atoms with van der Waals surface area (Å²) in [6, 6.07) is 125. The first kappa shape index (κ1) is 54.5. The molecule has 0 atom stereocenters. The Labute approximate surface area is 530 Å². The molecule has 0 aliphatic rings. The summed E-state index contributed by atoms with van der Waals surface area (Å²) in [5.74, 6) is 0. The van der Waals surface area contributed by atoms with Crippen LogP contribution >= 0.6 is 0 Å². The molecule has 3 heterocycles. The zero-order valence-electron chi connectivity index (χ0n) is 50.6. The SMILES string of the molecule is Cc1cccc(N(c2ccccc2)c2ccc(N(c3ccccc3)c3cccc(C)c3)cc2)c1.c1ccc(-n2c3ccccc3c3cc(-c4ccc5c(c4)c4cc(-c6ccc7c(c6)c6ccccc6n7-c6ccccc6)ccc4n5-c4ccccc4)ccc32)cc1. The summed E-state index contributed by atoms with van der Waals surface area (Å²) in [5, 5.41) is 7.50. The second-order valence-corrected chi connectivity index (χ2v) is 23.5. The van der Waals surface area contributed by atoms with Crippen molar-refractivity contribution in [1.82, 2.24) is 13.7 Å². The van der Waals surface area contributed by atoms with Crippen molar-refractivity contribution in [3.8, 4) is 39.3 Å². The molecule has 3 aromatic heterocycles. The molecule has 0 spiro atoms. The van der Waals surface area contributed by atoms with Crippen molar-refractivity contribution >= 4 is 99.5 Å². The molecule has 0 amide bonds. The van der Waals surface area contributed by atoms with Crippen molar-refractivity contribution in [3.63, 3.8) is 0 Å². The van der Waals surface area contributed by atoms with E-state index in [-0.39, 0.29) is 0 Å². The Morgan fingerprint density at radius 1 is 0.187 bits per heavy atom. The molecular weight excluding hydrogens is 1100 g/mol. The molecule has 14 aromatic carbocycles. The van der Waals surface area contributed by atoms with Gasteiger partial charge in [-0.1, -0.05) is 176 Å². The van der Waals surface area contributed by atoms with Crippen LogP contribution in [0.5, 0.6) is 0 Å². The Balaban J connectivity index is 0.000000166. The lowest BCUT2D eigenvalue weighted by Gasteiger charge is -2.28. The van der Waals surface area contributed by atoms with Gasteiger partial charge in [0.2, 0.25) is 0 Å². The Kier molecular flexibility index (Phi) is 14.0. The van der Waals surface area contributed by atoms with Crippen molar-refractivity contribution < 1.29 is 0 Å². The maximum Gasteiger partial charge on any atom is 0.0541 e. The van der Waals surface area contributed by atoms with Gasteiger partial charge in [-0.05, 0) is 217 Å². The Morgan fingerprint density at radius 2 is 0.440 bits per heavy atom. The average molecular weight is 1170 g/mol. The van der Waals surface area contributed by atoms with Crippen LogP contribution in [0.25, 0.3) is 105 Å². The smallest absolute Gasteiger partial charge is 0.0541 e. The van der Waals surface area contributed by atoms with Gasteiger partial charge in [-0.3, -0.25) is 0 Å². The Morgan fingerprint density at radius 3 is 0.758 bits per heavy atom. The lowest BCUT2D eigenvalue weighted by atomic mass is 9.98. The standard InChI is InChI=1S/C54H35N3.C32H28N2/c1-4-14-40(15-5-1)55-49-22-12-10-20-43(49)45-32-36(24-28-51(45)55)38-26-30-53-47(34-38)48-35-39(27-31-54(48)57(53)42-18-8-3-9-19-42)37-25-29-52-46(33-37)44-21-11-13-23-50(44)56(52)41-16-6-2-7-17-41;1-25-11-9-17-31(23-25)33(27-13-5-3-6-14-27)29-19-21-30(22-20-29)34(28-15-7-4-8-16-28)32-18-10-12-26(2)24-32/h1-35H;3-24H,1-2H3. The molecule has 0 aliphatic heterocycles. The summed E-state index contributed by atoms with van der Waals surface area (Å²) < 4.78 is 7.17. The highest BCUT2D eigenvalue weighted by Gasteiger charge is 2.20. The molecule has 5 nitrogen and oxygen atoms in total. The minimum Gasteiger partial charge on any atom is -0.310 e. The number of benzene rings is 14. The van der Waals surface area contributed by atoms with Crippen molar-refractivity contribution in [2.24, 2.45) is 0 Å². The van der Waals surface area contributed by atoms with Crippen LogP contribution < -0.4 is 9.80 Å². The molecule has 0 aliphatic carbocycles. The fourth-order valence-corrected chi connectivity index (χ4v) is 13.6. The number of hydrogen-bond donors (Lipinski definition) is 0. The van der Waals surface area contributed by atoms with Gasteiger partial charge in [0.05, 0.1) is 33.1 Å². The first-order chi connectivity index (χ1) is 45.0. The molecule has 5 heteroatoms. The first-order valence-electron chi connectivity index (χ1n) is 31.2. The minimum atomic E-state index is 1.12. The van der Waals surface area contributed by atoms with E-state index in [4.69, 9.17) is 0 Å². The summed E-state index contributed by atoms with van der Waals surface area (Å²) in [6.45, 7) is 4.27. The molecule has 0 fully saturated rings. The number of rotatable bonds is 11. The van der Waals surface area contributed by atoms with E-state index < -0.39 is 0 Å². The number of anilines is 6. The Bertz CT molecular complexity index is 5150. The third-order valence-electron chi connectivity index (χ3n) is 17.7. The predicted molar refractivity (Wildman–Crippen MR) is 386 cm³/mol. The van der Waals surface area contributed by atoms with E-state index >= 15 is 0 Å². The molecule has 0 unspecified atom stereocenters. The number of aromatic nitrogens is 3. The van der Waals surface area contributed by atoms with E-state index in [2.05, 4.69) is 383 Å². The van der Waals surface area contributed by atoms with Gasteiger partial charge in [0.1, 0.15) is 0 Å². The largest absolute Gasteiger partial charge is 0.310 e. The highest BCUT2D eigenvalue weighted by Crippen LogP contribution is 2.43. The molecular formula is C86H63N5. The first-order valence-corrected chi connectivity index (χ1v) is 31.2. The highest BCUT2D eigenvalue weighted by molar-refractivity contribution is 6.15. The molecule has 0 radical (unpaired) electrons. The topological polar surface area (TPSA) is 21.3 Å². The number of nitrogens with zero attached hydrogens (tertiary/aromatic N) is 5. The van der Waals surface area contributed by atoms with Gasteiger partial charge < -0.3 is 23.5 Å². The molecule has 0 saturated heterocycles. The number of aryl methyl sites for hydroxylation is 2. The molecule has 0 bridgehead atoms. The summed E-state index contributed by atoms with van der Waals surface area (Å²) in [7, 11) is 0. The van der Waals surface area contributed by atoms with Crippen LogP contribution in [0.4, 0.5) is 34.1 Å². The van der Waals surface area contributed by atoms with Crippen LogP contribution in [0.3, 0.4) is 0 Å². The third-order valence-corrected chi connectivity index (χ3v) is 17.7. The third kappa shape index (κ3) is 10.0. The number of fused-ring (bicyclic) bond motifs is 9. The van der Waals surface area contributed by atoms with Gasteiger partial charge in [0.25, 0.3) is 0 Å². The lowest BCUT2D eigenvalue weighted by Crippen LogP contribution is -2.12. The van der Waals surface area contributed by atoms with Crippen LogP contribution in [-0.2, 0) is 0 Å². The van der Waals surface area contributed by atoms with Gasteiger partial charge in [-0.25, -0.2) is 0 Å². The molecule has 0 saturated carbocycles. The molecule has 17 rings (SSSR count). The molecule has 432 valence electrons. The second-order valence-electron chi connectivity index (χ2n) is 23.5. The van der Waals surface area contributed by atoms with Gasteiger partial charge >= 0.3 is 0 Å². The minimum absolute atomic E-state index is 1.12. The second kappa shape index (κ2) is 23.3. The van der Waals surface area contributed by atoms with Crippen LogP contribution in [0.2, 0.25) is 0 Å².